The van der Waals surface area contributed by atoms with Crippen molar-refractivity contribution >= 4 is 12.1 Å². The van der Waals surface area contributed by atoms with Crippen molar-refractivity contribution in [2.75, 3.05) is 0 Å². The zero-order valence-electron chi connectivity index (χ0n) is 11.1. The molecule has 20 heavy (non-hydrogen) atoms. The van der Waals surface area contributed by atoms with Crippen LogP contribution in [-0.2, 0) is 16.1 Å². The van der Waals surface area contributed by atoms with Gasteiger partial charge in [0.15, 0.2) is 0 Å². The summed E-state index contributed by atoms with van der Waals surface area (Å²) in [6, 6.07) is 9.32. The number of carbonyl (C=O) groups is 2. The molecule has 0 aromatic heterocycles. The zero-order valence-corrected chi connectivity index (χ0v) is 11.1. The minimum Gasteiger partial charge on any atom is -0.481 e. The maximum atomic E-state index is 12.2. The van der Waals surface area contributed by atoms with E-state index in [9.17, 15) is 9.59 Å². The Morgan fingerprint density at radius 3 is 2.65 bits per heavy atom. The molecule has 3 atom stereocenters. The van der Waals surface area contributed by atoms with E-state index in [1.165, 1.54) is 0 Å². The summed E-state index contributed by atoms with van der Waals surface area (Å²) in [6.07, 6.45) is 1.82. The SMILES string of the molecule is O=C(O)[C@@H]1C[C@H]2CC[C@@H]1N2C(=O)OCc1ccccc1. The molecule has 5 nitrogen and oxygen atoms in total. The molecular weight excluding hydrogens is 258 g/mol. The number of nitrogens with zero attached hydrogens (tertiary/aromatic N) is 1. The number of fused-ring (bicyclic) bond motifs is 2. The van der Waals surface area contributed by atoms with Gasteiger partial charge in [-0.05, 0) is 24.8 Å². The van der Waals surface area contributed by atoms with Crippen LogP contribution in [0, 0.1) is 5.92 Å². The number of hydrogen-bond acceptors (Lipinski definition) is 3. The normalized spacial score (nSPS) is 27.6. The van der Waals surface area contributed by atoms with Crippen molar-refractivity contribution in [2.45, 2.75) is 38.0 Å². The van der Waals surface area contributed by atoms with Gasteiger partial charge in [-0.25, -0.2) is 4.79 Å². The molecule has 2 heterocycles. The van der Waals surface area contributed by atoms with E-state index < -0.39 is 11.9 Å². The van der Waals surface area contributed by atoms with Crippen LogP contribution in [0.3, 0.4) is 0 Å². The molecule has 0 aliphatic carbocycles. The van der Waals surface area contributed by atoms with Gasteiger partial charge in [0, 0.05) is 12.1 Å². The van der Waals surface area contributed by atoms with Crippen molar-refractivity contribution in [3.05, 3.63) is 35.9 Å². The van der Waals surface area contributed by atoms with Crippen LogP contribution in [0.15, 0.2) is 30.3 Å². The summed E-state index contributed by atoms with van der Waals surface area (Å²) in [4.78, 5) is 25.0. The fourth-order valence-electron chi connectivity index (χ4n) is 3.33. The second-order valence-corrected chi connectivity index (χ2v) is 5.43. The van der Waals surface area contributed by atoms with Crippen LogP contribution >= 0.6 is 0 Å². The van der Waals surface area contributed by atoms with E-state index in [2.05, 4.69) is 0 Å². The van der Waals surface area contributed by atoms with Gasteiger partial charge < -0.3 is 14.7 Å². The topological polar surface area (TPSA) is 66.8 Å². The Kier molecular flexibility index (Phi) is 3.34. The predicted octanol–water partition coefficient (Wildman–Crippen LogP) is 2.26. The Labute approximate surface area is 117 Å². The van der Waals surface area contributed by atoms with Crippen molar-refractivity contribution in [1.29, 1.82) is 0 Å². The molecule has 1 aromatic carbocycles. The van der Waals surface area contributed by atoms with Gasteiger partial charge in [0.1, 0.15) is 6.61 Å². The minimum atomic E-state index is -0.807. The molecule has 2 aliphatic rings. The van der Waals surface area contributed by atoms with Crippen molar-refractivity contribution < 1.29 is 19.4 Å². The molecule has 2 aliphatic heterocycles. The fraction of sp³-hybridized carbons (Fsp3) is 0.467. The van der Waals surface area contributed by atoms with E-state index in [0.29, 0.717) is 6.42 Å². The number of carboxylic acids is 1. The molecule has 1 N–H and O–H groups in total. The van der Waals surface area contributed by atoms with E-state index in [-0.39, 0.29) is 24.8 Å². The van der Waals surface area contributed by atoms with Crippen LogP contribution in [-0.4, -0.2) is 34.2 Å². The molecule has 1 amide bonds. The summed E-state index contributed by atoms with van der Waals surface area (Å²) >= 11 is 0. The predicted molar refractivity (Wildman–Crippen MR) is 71.0 cm³/mol. The first-order valence-electron chi connectivity index (χ1n) is 6.88. The number of aliphatic carboxylic acids is 1. The smallest absolute Gasteiger partial charge is 0.410 e. The van der Waals surface area contributed by atoms with Crippen LogP contribution in [0.4, 0.5) is 4.79 Å². The van der Waals surface area contributed by atoms with Crippen LogP contribution < -0.4 is 0 Å². The van der Waals surface area contributed by atoms with Crippen LogP contribution in [0.1, 0.15) is 24.8 Å². The average molecular weight is 275 g/mol. The van der Waals surface area contributed by atoms with Crippen molar-refractivity contribution in [3.63, 3.8) is 0 Å². The molecule has 3 rings (SSSR count). The Balaban J connectivity index is 1.62. The number of carbonyl (C=O) groups excluding carboxylic acids is 1. The lowest BCUT2D eigenvalue weighted by atomic mass is 9.89. The number of amides is 1. The zero-order chi connectivity index (χ0) is 14.1. The Hall–Kier alpha value is -2.04. The third kappa shape index (κ3) is 2.24. The fourth-order valence-corrected chi connectivity index (χ4v) is 3.33. The first-order chi connectivity index (χ1) is 9.66. The Bertz CT molecular complexity index is 516. The highest BCUT2D eigenvalue weighted by molar-refractivity contribution is 5.76. The van der Waals surface area contributed by atoms with Gasteiger partial charge in [-0.2, -0.15) is 0 Å². The van der Waals surface area contributed by atoms with Gasteiger partial charge >= 0.3 is 12.1 Å². The van der Waals surface area contributed by atoms with Crippen LogP contribution in [0.2, 0.25) is 0 Å². The molecule has 0 unspecified atom stereocenters. The number of ether oxygens (including phenoxy) is 1. The van der Waals surface area contributed by atoms with Crippen molar-refractivity contribution in [3.8, 4) is 0 Å². The lowest BCUT2D eigenvalue weighted by Gasteiger charge is -2.22. The van der Waals surface area contributed by atoms with Crippen LogP contribution in [0.5, 0.6) is 0 Å². The van der Waals surface area contributed by atoms with Crippen molar-refractivity contribution in [2.24, 2.45) is 5.92 Å². The maximum Gasteiger partial charge on any atom is 0.410 e. The quantitative estimate of drug-likeness (QED) is 0.918. The highest BCUT2D eigenvalue weighted by atomic mass is 16.6. The number of benzene rings is 1. The first kappa shape index (κ1) is 13.0. The summed E-state index contributed by atoms with van der Waals surface area (Å²) in [7, 11) is 0. The summed E-state index contributed by atoms with van der Waals surface area (Å²) in [5.74, 6) is -1.24. The number of hydrogen-bond donors (Lipinski definition) is 1. The van der Waals surface area contributed by atoms with Gasteiger partial charge in [0.05, 0.1) is 5.92 Å². The molecule has 5 heteroatoms. The van der Waals surface area contributed by atoms with Gasteiger partial charge in [-0.15, -0.1) is 0 Å². The highest BCUT2D eigenvalue weighted by Gasteiger charge is 2.52. The van der Waals surface area contributed by atoms with Crippen LogP contribution in [0.25, 0.3) is 0 Å². The third-order valence-corrected chi connectivity index (χ3v) is 4.27. The lowest BCUT2D eigenvalue weighted by Crippen LogP contribution is -2.38. The molecule has 0 spiro atoms. The van der Waals surface area contributed by atoms with E-state index in [1.807, 2.05) is 30.3 Å². The minimum absolute atomic E-state index is 0.0318. The van der Waals surface area contributed by atoms with Crippen molar-refractivity contribution in [1.82, 2.24) is 4.90 Å². The second-order valence-electron chi connectivity index (χ2n) is 5.43. The molecule has 2 saturated heterocycles. The summed E-state index contributed by atoms with van der Waals surface area (Å²) in [5.41, 5.74) is 0.933. The Morgan fingerprint density at radius 1 is 1.25 bits per heavy atom. The summed E-state index contributed by atoms with van der Waals surface area (Å²) in [6.45, 7) is 0.230. The molecule has 2 bridgehead atoms. The van der Waals surface area contributed by atoms with Gasteiger partial charge in [-0.1, -0.05) is 30.3 Å². The van der Waals surface area contributed by atoms with Gasteiger partial charge in [0.2, 0.25) is 0 Å². The molecule has 106 valence electrons. The monoisotopic (exact) mass is 275 g/mol. The second kappa shape index (κ2) is 5.15. The van der Waals surface area contributed by atoms with E-state index in [0.717, 1.165) is 18.4 Å². The number of rotatable bonds is 3. The molecule has 2 fully saturated rings. The van der Waals surface area contributed by atoms with Gasteiger partial charge in [-0.3, -0.25) is 4.79 Å². The van der Waals surface area contributed by atoms with Gasteiger partial charge in [0.25, 0.3) is 0 Å². The van der Waals surface area contributed by atoms with E-state index in [4.69, 9.17) is 9.84 Å². The molecule has 0 saturated carbocycles. The number of carboxylic acid groups (broad SMARTS) is 1. The average Bonchev–Trinajstić information content (AvgIpc) is 3.03. The standard InChI is InChI=1S/C15H17NO4/c17-14(18)12-8-11-6-7-13(12)16(11)15(19)20-9-10-4-2-1-3-5-10/h1-5,11-13H,6-9H2,(H,17,18)/t11-,12-,13+/m1/s1. The highest BCUT2D eigenvalue weighted by Crippen LogP contribution is 2.42. The molecule has 1 aromatic rings. The maximum absolute atomic E-state index is 12.2. The van der Waals surface area contributed by atoms with E-state index >= 15 is 0 Å². The third-order valence-electron chi connectivity index (χ3n) is 4.27. The first-order valence-corrected chi connectivity index (χ1v) is 6.88. The molecule has 0 radical (unpaired) electrons. The molecular formula is C15H17NO4. The Morgan fingerprint density at radius 2 is 2.00 bits per heavy atom. The van der Waals surface area contributed by atoms with E-state index in [1.54, 1.807) is 4.90 Å². The summed E-state index contributed by atoms with van der Waals surface area (Å²) in [5, 5.41) is 9.16. The lowest BCUT2D eigenvalue weighted by molar-refractivity contribution is -0.142. The largest absolute Gasteiger partial charge is 0.481 e. The summed E-state index contributed by atoms with van der Waals surface area (Å²) < 4.78 is 5.31.